The molecule has 1 heteroatoms. The fourth-order valence-electron chi connectivity index (χ4n) is 3.67. The molecule has 0 radical (unpaired) electrons. The maximum Gasteiger partial charge on any atom is 0.00954 e. The highest BCUT2D eigenvalue weighted by Crippen LogP contribution is 2.31. The molecule has 1 nitrogen and oxygen atoms in total. The number of unbranched alkanes of at least 4 members (excludes halogenated alkanes) is 1. The zero-order chi connectivity index (χ0) is 13.9. The van der Waals surface area contributed by atoms with Crippen LogP contribution in [0.4, 0.5) is 0 Å². The van der Waals surface area contributed by atoms with E-state index in [-0.39, 0.29) is 0 Å². The van der Waals surface area contributed by atoms with Gasteiger partial charge in [-0.2, -0.15) is 0 Å². The van der Waals surface area contributed by atoms with Crippen LogP contribution in [0.3, 0.4) is 0 Å². The quantitative estimate of drug-likeness (QED) is 0.541. The predicted molar refractivity (Wildman–Crippen MR) is 86.6 cm³/mol. The highest BCUT2D eigenvalue weighted by Gasteiger charge is 2.25. The average Bonchev–Trinajstić information content (AvgIpc) is 2.66. The summed E-state index contributed by atoms with van der Waals surface area (Å²) in [6.45, 7) is 8.22. The second kappa shape index (κ2) is 10.7. The van der Waals surface area contributed by atoms with Crippen LogP contribution in [-0.2, 0) is 0 Å². The van der Waals surface area contributed by atoms with Gasteiger partial charge < -0.3 is 5.32 Å². The fraction of sp³-hybridized carbons (Fsp3) is 1.00. The monoisotopic (exact) mass is 267 g/mol. The highest BCUT2D eigenvalue weighted by molar-refractivity contribution is 4.81. The minimum absolute atomic E-state index is 0.818. The average molecular weight is 268 g/mol. The Labute approximate surface area is 121 Å². The zero-order valence-corrected chi connectivity index (χ0v) is 13.7. The molecule has 1 rings (SSSR count). The van der Waals surface area contributed by atoms with E-state index in [1.165, 1.54) is 77.2 Å². The topological polar surface area (TPSA) is 12.0 Å². The molecule has 0 spiro atoms. The van der Waals surface area contributed by atoms with Crippen molar-refractivity contribution in [3.8, 4) is 0 Å². The fourth-order valence-corrected chi connectivity index (χ4v) is 3.67. The molecule has 0 heterocycles. The summed E-state index contributed by atoms with van der Waals surface area (Å²) in [4.78, 5) is 0. The van der Waals surface area contributed by atoms with E-state index in [2.05, 4.69) is 26.1 Å². The van der Waals surface area contributed by atoms with Crippen LogP contribution in [0.5, 0.6) is 0 Å². The van der Waals surface area contributed by atoms with Gasteiger partial charge in [0.1, 0.15) is 0 Å². The molecule has 114 valence electrons. The van der Waals surface area contributed by atoms with Crippen LogP contribution in [-0.4, -0.2) is 12.6 Å². The molecule has 1 aliphatic carbocycles. The first-order chi connectivity index (χ1) is 9.31. The molecule has 0 aromatic rings. The van der Waals surface area contributed by atoms with E-state index >= 15 is 0 Å². The molecular formula is C18H37N. The van der Waals surface area contributed by atoms with E-state index in [9.17, 15) is 0 Å². The van der Waals surface area contributed by atoms with Crippen molar-refractivity contribution < 1.29 is 0 Å². The van der Waals surface area contributed by atoms with Gasteiger partial charge >= 0.3 is 0 Å². The van der Waals surface area contributed by atoms with Crippen LogP contribution in [0.2, 0.25) is 0 Å². The van der Waals surface area contributed by atoms with Crippen LogP contribution in [0.1, 0.15) is 91.4 Å². The smallest absolute Gasteiger partial charge is 0.00954 e. The maximum absolute atomic E-state index is 3.85. The van der Waals surface area contributed by atoms with E-state index < -0.39 is 0 Å². The Balaban J connectivity index is 2.47. The van der Waals surface area contributed by atoms with Crippen molar-refractivity contribution in [2.24, 2.45) is 11.8 Å². The number of hydrogen-bond donors (Lipinski definition) is 1. The number of nitrogens with one attached hydrogen (secondary N) is 1. The Morgan fingerprint density at radius 3 is 2.47 bits per heavy atom. The molecule has 1 aliphatic rings. The Kier molecular flexibility index (Phi) is 9.59. The normalized spacial score (nSPS) is 26.1. The predicted octanol–water partition coefficient (Wildman–Crippen LogP) is 5.54. The van der Waals surface area contributed by atoms with E-state index in [1.54, 1.807) is 0 Å². The first-order valence-corrected chi connectivity index (χ1v) is 9.05. The van der Waals surface area contributed by atoms with E-state index in [4.69, 9.17) is 0 Å². The lowest BCUT2D eigenvalue weighted by Crippen LogP contribution is -2.37. The molecule has 0 aromatic heterocycles. The molecule has 0 saturated heterocycles. The lowest BCUT2D eigenvalue weighted by Gasteiger charge is -2.29. The van der Waals surface area contributed by atoms with E-state index in [0.717, 1.165) is 17.9 Å². The lowest BCUT2D eigenvalue weighted by molar-refractivity contribution is 0.257. The molecule has 0 aliphatic heterocycles. The van der Waals surface area contributed by atoms with Crippen molar-refractivity contribution in [2.45, 2.75) is 97.4 Å². The van der Waals surface area contributed by atoms with Crippen molar-refractivity contribution in [1.82, 2.24) is 5.32 Å². The summed E-state index contributed by atoms with van der Waals surface area (Å²) < 4.78 is 0. The highest BCUT2D eigenvalue weighted by atomic mass is 14.9. The Hall–Kier alpha value is -0.0400. The summed E-state index contributed by atoms with van der Waals surface area (Å²) in [5.74, 6) is 1.94. The molecule has 1 saturated carbocycles. The number of rotatable bonds is 9. The third kappa shape index (κ3) is 6.79. The molecule has 0 amide bonds. The molecule has 3 atom stereocenters. The first kappa shape index (κ1) is 17.0. The van der Waals surface area contributed by atoms with Gasteiger partial charge in [0.2, 0.25) is 0 Å². The summed E-state index contributed by atoms with van der Waals surface area (Å²) in [6, 6.07) is 0.818. The first-order valence-electron chi connectivity index (χ1n) is 9.05. The largest absolute Gasteiger partial charge is 0.314 e. The third-order valence-electron chi connectivity index (χ3n) is 4.99. The van der Waals surface area contributed by atoms with E-state index in [1.807, 2.05) is 0 Å². The van der Waals surface area contributed by atoms with Gasteiger partial charge in [-0.05, 0) is 44.1 Å². The summed E-state index contributed by atoms with van der Waals surface area (Å²) in [5, 5.41) is 3.85. The molecule has 3 unspecified atom stereocenters. The second-order valence-electron chi connectivity index (χ2n) is 6.61. The van der Waals surface area contributed by atoms with Crippen LogP contribution < -0.4 is 5.32 Å². The maximum atomic E-state index is 3.85. The van der Waals surface area contributed by atoms with Crippen LogP contribution >= 0.6 is 0 Å². The minimum Gasteiger partial charge on any atom is -0.314 e. The van der Waals surface area contributed by atoms with Gasteiger partial charge in [0.15, 0.2) is 0 Å². The standard InChI is InChI=1S/C18H37N/c1-4-7-11-16(6-3)15-17-12-9-8-10-13-18(17)19-14-5-2/h16-19H,4-15H2,1-3H3. The van der Waals surface area contributed by atoms with Crippen molar-refractivity contribution in [1.29, 1.82) is 0 Å². The van der Waals surface area contributed by atoms with Gasteiger partial charge in [0, 0.05) is 6.04 Å². The van der Waals surface area contributed by atoms with E-state index in [0.29, 0.717) is 0 Å². The second-order valence-corrected chi connectivity index (χ2v) is 6.61. The Morgan fingerprint density at radius 2 is 1.79 bits per heavy atom. The van der Waals surface area contributed by atoms with Crippen LogP contribution in [0.15, 0.2) is 0 Å². The van der Waals surface area contributed by atoms with Gasteiger partial charge in [-0.3, -0.25) is 0 Å². The Bertz CT molecular complexity index is 202. The van der Waals surface area contributed by atoms with Crippen molar-refractivity contribution in [2.75, 3.05) is 6.54 Å². The summed E-state index contributed by atoms with van der Waals surface area (Å²) in [7, 11) is 0. The third-order valence-corrected chi connectivity index (χ3v) is 4.99. The molecule has 1 N–H and O–H groups in total. The summed E-state index contributed by atoms with van der Waals surface area (Å²) >= 11 is 0. The van der Waals surface area contributed by atoms with Gasteiger partial charge in [0.25, 0.3) is 0 Å². The molecular weight excluding hydrogens is 230 g/mol. The van der Waals surface area contributed by atoms with Gasteiger partial charge in [0.05, 0.1) is 0 Å². The molecule has 19 heavy (non-hydrogen) atoms. The lowest BCUT2D eigenvalue weighted by atomic mass is 9.82. The molecule has 0 bridgehead atoms. The molecule has 1 fully saturated rings. The Morgan fingerprint density at radius 1 is 1.00 bits per heavy atom. The zero-order valence-electron chi connectivity index (χ0n) is 13.7. The summed E-state index contributed by atoms with van der Waals surface area (Å²) in [6.07, 6.45) is 15.7. The SMILES string of the molecule is CCCCC(CC)CC1CCCCCC1NCCC. The van der Waals surface area contributed by atoms with Crippen molar-refractivity contribution in [3.05, 3.63) is 0 Å². The van der Waals surface area contributed by atoms with Crippen molar-refractivity contribution in [3.63, 3.8) is 0 Å². The van der Waals surface area contributed by atoms with Crippen LogP contribution in [0, 0.1) is 11.8 Å². The van der Waals surface area contributed by atoms with Gasteiger partial charge in [-0.25, -0.2) is 0 Å². The minimum atomic E-state index is 0.818. The molecule has 0 aromatic carbocycles. The van der Waals surface area contributed by atoms with Gasteiger partial charge in [-0.1, -0.05) is 65.7 Å². The van der Waals surface area contributed by atoms with Crippen LogP contribution in [0.25, 0.3) is 0 Å². The van der Waals surface area contributed by atoms with Crippen molar-refractivity contribution >= 4 is 0 Å². The summed E-state index contributed by atoms with van der Waals surface area (Å²) in [5.41, 5.74) is 0. The van der Waals surface area contributed by atoms with Gasteiger partial charge in [-0.15, -0.1) is 0 Å². The number of hydrogen-bond acceptors (Lipinski definition) is 1.